The van der Waals surface area contributed by atoms with Gasteiger partial charge < -0.3 is 5.73 Å². The summed E-state index contributed by atoms with van der Waals surface area (Å²) in [5.74, 6) is -0.109. The molecule has 0 bridgehead atoms. The number of sulfonamides is 1. The van der Waals surface area contributed by atoms with E-state index in [0.717, 1.165) is 6.07 Å². The van der Waals surface area contributed by atoms with Gasteiger partial charge in [0.05, 0.1) is 4.90 Å². The second-order valence-electron chi connectivity index (χ2n) is 4.55. The molecule has 0 amide bonds. The largest absolute Gasteiger partial charge is 0.326 e. The molecule has 0 saturated carbocycles. The van der Waals surface area contributed by atoms with Gasteiger partial charge in [-0.2, -0.15) is 0 Å². The highest BCUT2D eigenvalue weighted by atomic mass is 32.2. The fraction of sp³-hybridized carbons (Fsp3) is 0.500. The molecule has 0 fully saturated rings. The molecule has 20 heavy (non-hydrogen) atoms. The molecule has 0 saturated heterocycles. The van der Waals surface area contributed by atoms with Crippen molar-refractivity contribution < 1.29 is 17.0 Å². The molecule has 0 heterocycles. The van der Waals surface area contributed by atoms with Crippen molar-refractivity contribution in [3.8, 4) is 0 Å². The molecular weight excluding hydrogens is 303 g/mol. The maximum absolute atomic E-state index is 13.3. The van der Waals surface area contributed by atoms with Crippen LogP contribution in [0.5, 0.6) is 0 Å². The average Bonchev–Trinajstić information content (AvgIpc) is 2.36. The number of hydrogen-bond donors (Lipinski definition) is 2. The summed E-state index contributed by atoms with van der Waals surface area (Å²) in [5.41, 5.74) is 5.50. The van der Waals surface area contributed by atoms with E-state index in [9.17, 15) is 17.0 Å². The highest BCUT2D eigenvalue weighted by molar-refractivity contribution is 7.89. The summed E-state index contributed by atoms with van der Waals surface area (Å²) >= 11 is 0. The zero-order valence-electron chi connectivity index (χ0n) is 11.4. The molecule has 114 valence electrons. The summed E-state index contributed by atoms with van der Waals surface area (Å²) in [7, 11) is -4.70. The number of hydrogen-bond acceptors (Lipinski definition) is 4. The van der Waals surface area contributed by atoms with Crippen LogP contribution < -0.4 is 10.5 Å². The summed E-state index contributed by atoms with van der Waals surface area (Å²) in [6.45, 7) is 1.62. The zero-order chi connectivity index (χ0) is 15.3. The topological polar surface area (TPSA) is 89.3 Å². The average molecular weight is 322 g/mol. The Balaban J connectivity index is 2.85. The molecule has 2 unspecified atom stereocenters. The van der Waals surface area contributed by atoms with Crippen molar-refractivity contribution >= 4 is 20.8 Å². The van der Waals surface area contributed by atoms with E-state index >= 15 is 0 Å². The molecule has 1 rings (SSSR count). The lowest BCUT2D eigenvalue weighted by atomic mass is 10.2. The van der Waals surface area contributed by atoms with Crippen LogP contribution in [0.15, 0.2) is 23.1 Å². The van der Waals surface area contributed by atoms with Crippen molar-refractivity contribution in [3.63, 3.8) is 0 Å². The molecule has 1 aromatic rings. The lowest BCUT2D eigenvalue weighted by molar-refractivity contribution is 0.554. The van der Waals surface area contributed by atoms with Gasteiger partial charge in [0.25, 0.3) is 0 Å². The lowest BCUT2D eigenvalue weighted by Gasteiger charge is -2.14. The van der Waals surface area contributed by atoms with Gasteiger partial charge in [-0.1, -0.05) is 0 Å². The molecule has 8 heteroatoms. The number of nitrogens with one attached hydrogen (secondary N) is 1. The third-order valence-corrected chi connectivity index (χ3v) is 5.14. The van der Waals surface area contributed by atoms with Gasteiger partial charge in [-0.05, 0) is 31.5 Å². The first kappa shape index (κ1) is 17.2. The van der Waals surface area contributed by atoms with Gasteiger partial charge in [-0.15, -0.1) is 0 Å². The van der Waals surface area contributed by atoms with Gasteiger partial charge in [-0.25, -0.2) is 17.5 Å². The quantitative estimate of drug-likeness (QED) is 0.774. The first-order chi connectivity index (χ1) is 9.26. The summed E-state index contributed by atoms with van der Waals surface area (Å²) in [4.78, 5) is -0.0242. The minimum absolute atomic E-state index is 0.0242. The van der Waals surface area contributed by atoms with Crippen molar-refractivity contribution in [2.75, 3.05) is 12.0 Å². The lowest BCUT2D eigenvalue weighted by Crippen LogP contribution is -2.33. The second kappa shape index (κ2) is 7.26. The first-order valence-electron chi connectivity index (χ1n) is 6.07. The zero-order valence-corrected chi connectivity index (χ0v) is 13.1. The Morgan fingerprint density at radius 1 is 1.45 bits per heavy atom. The molecule has 0 aliphatic rings. The Labute approximate surface area is 121 Å². The molecule has 5 nitrogen and oxygen atoms in total. The van der Waals surface area contributed by atoms with Crippen molar-refractivity contribution in [3.05, 3.63) is 29.6 Å². The third kappa shape index (κ3) is 4.93. The molecule has 0 aliphatic heterocycles. The van der Waals surface area contributed by atoms with Crippen LogP contribution in [0.25, 0.3) is 0 Å². The van der Waals surface area contributed by atoms with Gasteiger partial charge in [0.2, 0.25) is 10.0 Å². The van der Waals surface area contributed by atoms with Gasteiger partial charge in [-0.3, -0.25) is 4.21 Å². The Morgan fingerprint density at radius 2 is 2.10 bits per heavy atom. The van der Waals surface area contributed by atoms with Gasteiger partial charge in [0.1, 0.15) is 5.82 Å². The molecule has 0 spiro atoms. The maximum atomic E-state index is 13.3. The predicted molar refractivity (Wildman–Crippen MR) is 77.6 cm³/mol. The van der Waals surface area contributed by atoms with Crippen LogP contribution in [0.2, 0.25) is 0 Å². The molecule has 0 aliphatic carbocycles. The minimum atomic E-state index is -3.73. The van der Waals surface area contributed by atoms with Crippen molar-refractivity contribution in [1.29, 1.82) is 0 Å². The number of nitrogens with two attached hydrogens (primary N) is 1. The monoisotopic (exact) mass is 322 g/mol. The SMILES string of the molecule is CC(CCS(C)=O)NS(=O)(=O)c1ccc(F)c(CN)c1. The summed E-state index contributed by atoms with van der Waals surface area (Å²) in [6, 6.07) is 3.15. The standard InChI is InChI=1S/C12H19FN2O3S2/c1-9(5-6-19(2)16)15-20(17,18)11-3-4-12(13)10(7-11)8-14/h3-4,7,9,15H,5-6,8,14H2,1-2H3. The Kier molecular flexibility index (Phi) is 6.25. The van der Waals surface area contributed by atoms with Crippen LogP contribution in [0.1, 0.15) is 18.9 Å². The molecule has 0 radical (unpaired) electrons. The molecule has 0 aromatic heterocycles. The van der Waals surface area contributed by atoms with E-state index in [0.29, 0.717) is 12.2 Å². The third-order valence-electron chi connectivity index (χ3n) is 2.74. The summed E-state index contributed by atoms with van der Waals surface area (Å²) in [5, 5.41) is 0. The van der Waals surface area contributed by atoms with Gasteiger partial charge >= 0.3 is 0 Å². The van der Waals surface area contributed by atoms with Crippen molar-refractivity contribution in [1.82, 2.24) is 4.72 Å². The van der Waals surface area contributed by atoms with E-state index in [1.807, 2.05) is 0 Å². The van der Waals surface area contributed by atoms with E-state index in [1.54, 1.807) is 13.2 Å². The van der Waals surface area contributed by atoms with E-state index in [1.165, 1.54) is 12.1 Å². The van der Waals surface area contributed by atoms with Gasteiger partial charge in [0.15, 0.2) is 0 Å². The maximum Gasteiger partial charge on any atom is 0.240 e. The van der Waals surface area contributed by atoms with Crippen LogP contribution in [-0.4, -0.2) is 30.7 Å². The van der Waals surface area contributed by atoms with Crippen LogP contribution in [-0.2, 0) is 27.4 Å². The van der Waals surface area contributed by atoms with Crippen LogP contribution >= 0.6 is 0 Å². The highest BCUT2D eigenvalue weighted by Gasteiger charge is 2.18. The fourth-order valence-electron chi connectivity index (χ4n) is 1.61. The van der Waals surface area contributed by atoms with Gasteiger partial charge in [0, 0.05) is 41.0 Å². The normalized spacial score (nSPS) is 15.0. The van der Waals surface area contributed by atoms with Crippen LogP contribution in [0, 0.1) is 5.82 Å². The highest BCUT2D eigenvalue weighted by Crippen LogP contribution is 2.15. The van der Waals surface area contributed by atoms with E-state index < -0.39 is 26.6 Å². The number of benzene rings is 1. The second-order valence-corrected chi connectivity index (χ2v) is 7.81. The van der Waals surface area contributed by atoms with E-state index in [-0.39, 0.29) is 23.0 Å². The first-order valence-corrected chi connectivity index (χ1v) is 9.28. The van der Waals surface area contributed by atoms with E-state index in [2.05, 4.69) is 4.72 Å². The Bertz CT molecular complexity index is 590. The van der Waals surface area contributed by atoms with Crippen molar-refractivity contribution in [2.24, 2.45) is 5.73 Å². The summed E-state index contributed by atoms with van der Waals surface area (Å²) in [6.07, 6.45) is 2.03. The molecule has 3 N–H and O–H groups in total. The molecular formula is C12H19FN2O3S2. The smallest absolute Gasteiger partial charge is 0.240 e. The predicted octanol–water partition coefficient (Wildman–Crippen LogP) is 0.720. The van der Waals surface area contributed by atoms with Crippen molar-refractivity contribution in [2.45, 2.75) is 30.8 Å². The fourth-order valence-corrected chi connectivity index (χ4v) is 3.62. The van der Waals surface area contributed by atoms with Crippen LogP contribution in [0.4, 0.5) is 4.39 Å². The number of rotatable bonds is 7. The van der Waals surface area contributed by atoms with Crippen LogP contribution in [0.3, 0.4) is 0 Å². The minimum Gasteiger partial charge on any atom is -0.326 e. The number of halogens is 1. The molecule has 1 aromatic carbocycles. The Morgan fingerprint density at radius 3 is 2.65 bits per heavy atom. The summed E-state index contributed by atoms with van der Waals surface area (Å²) < 4.78 is 51.0. The Hall–Kier alpha value is -0.830. The van der Waals surface area contributed by atoms with E-state index in [4.69, 9.17) is 5.73 Å². The molecule has 2 atom stereocenters.